The van der Waals surface area contributed by atoms with Gasteiger partial charge in [0, 0.05) is 13.2 Å². The highest BCUT2D eigenvalue weighted by Crippen LogP contribution is 2.10. The third-order valence-corrected chi connectivity index (χ3v) is 2.62. The Hall–Kier alpha value is -2.15. The van der Waals surface area contributed by atoms with E-state index in [0.717, 1.165) is 12.8 Å². The molecule has 2 N–H and O–H groups in total. The predicted molar refractivity (Wildman–Crippen MR) is 66.4 cm³/mol. The van der Waals surface area contributed by atoms with Crippen LogP contribution in [0.4, 0.5) is 0 Å². The fourth-order valence-electron chi connectivity index (χ4n) is 1.66. The molecule has 0 bridgehead atoms. The van der Waals surface area contributed by atoms with E-state index < -0.39 is 11.8 Å². The molecule has 1 saturated heterocycles. The van der Waals surface area contributed by atoms with Crippen molar-refractivity contribution < 1.29 is 18.7 Å². The van der Waals surface area contributed by atoms with Gasteiger partial charge in [0.1, 0.15) is 5.76 Å². The van der Waals surface area contributed by atoms with E-state index in [1.165, 1.54) is 12.5 Å². The first-order valence-electron chi connectivity index (χ1n) is 6.02. The number of carbonyl (C=O) groups is 2. The van der Waals surface area contributed by atoms with Gasteiger partial charge in [-0.2, -0.15) is 5.10 Å². The summed E-state index contributed by atoms with van der Waals surface area (Å²) in [4.78, 5) is 22.8. The standard InChI is InChI=1S/C12H15N3O4/c16-11(13-7-9-3-1-5-18-9)12(17)15-14-8-10-4-2-6-19-10/h2,4,6,8-9H,1,3,5,7H2,(H,13,16)(H,15,17)/b14-8-/t9-/m0/s1. The van der Waals surface area contributed by atoms with E-state index in [9.17, 15) is 9.59 Å². The summed E-state index contributed by atoms with van der Waals surface area (Å²) in [6.07, 6.45) is 4.69. The minimum atomic E-state index is -0.819. The van der Waals surface area contributed by atoms with E-state index in [-0.39, 0.29) is 6.10 Å². The Morgan fingerprint density at radius 3 is 3.05 bits per heavy atom. The minimum absolute atomic E-state index is 0.00312. The number of ether oxygens (including phenoxy) is 1. The number of nitrogens with zero attached hydrogens (tertiary/aromatic N) is 1. The predicted octanol–water partition coefficient (Wildman–Crippen LogP) is 0.0249. The maximum atomic E-state index is 11.4. The van der Waals surface area contributed by atoms with Crippen LogP contribution in [0.25, 0.3) is 0 Å². The summed E-state index contributed by atoms with van der Waals surface area (Å²) in [7, 11) is 0. The van der Waals surface area contributed by atoms with Crippen LogP contribution >= 0.6 is 0 Å². The molecule has 19 heavy (non-hydrogen) atoms. The molecular weight excluding hydrogens is 250 g/mol. The molecule has 0 aromatic carbocycles. The smallest absolute Gasteiger partial charge is 0.329 e. The van der Waals surface area contributed by atoms with Crippen LogP contribution in [0.3, 0.4) is 0 Å². The summed E-state index contributed by atoms with van der Waals surface area (Å²) in [5.41, 5.74) is 2.11. The second-order valence-electron chi connectivity index (χ2n) is 4.06. The Balaban J connectivity index is 1.68. The van der Waals surface area contributed by atoms with Crippen molar-refractivity contribution in [1.29, 1.82) is 0 Å². The van der Waals surface area contributed by atoms with Gasteiger partial charge in [-0.1, -0.05) is 0 Å². The number of nitrogens with one attached hydrogen (secondary N) is 2. The van der Waals surface area contributed by atoms with Crippen LogP contribution in [0.15, 0.2) is 27.9 Å². The van der Waals surface area contributed by atoms with E-state index in [1.807, 2.05) is 0 Å². The summed E-state index contributed by atoms with van der Waals surface area (Å²) in [6, 6.07) is 3.37. The van der Waals surface area contributed by atoms with Gasteiger partial charge in [-0.05, 0) is 25.0 Å². The van der Waals surface area contributed by atoms with Crippen LogP contribution in [-0.4, -0.2) is 37.3 Å². The van der Waals surface area contributed by atoms with Crippen molar-refractivity contribution >= 4 is 18.0 Å². The van der Waals surface area contributed by atoms with Crippen molar-refractivity contribution in [2.24, 2.45) is 5.10 Å². The number of hydrogen-bond donors (Lipinski definition) is 2. The second-order valence-corrected chi connectivity index (χ2v) is 4.06. The first kappa shape index (κ1) is 13.3. The van der Waals surface area contributed by atoms with Crippen molar-refractivity contribution in [2.45, 2.75) is 18.9 Å². The molecule has 1 aromatic rings. The van der Waals surface area contributed by atoms with E-state index in [2.05, 4.69) is 15.8 Å². The van der Waals surface area contributed by atoms with Gasteiger partial charge in [-0.15, -0.1) is 0 Å². The largest absolute Gasteiger partial charge is 0.463 e. The normalized spacial score (nSPS) is 18.6. The lowest BCUT2D eigenvalue weighted by Crippen LogP contribution is -2.41. The number of furan rings is 1. The number of carbonyl (C=O) groups excluding carboxylic acids is 2. The van der Waals surface area contributed by atoms with Gasteiger partial charge < -0.3 is 14.5 Å². The van der Waals surface area contributed by atoms with Crippen molar-refractivity contribution in [3.63, 3.8) is 0 Å². The zero-order valence-electron chi connectivity index (χ0n) is 10.3. The lowest BCUT2D eigenvalue weighted by Gasteiger charge is -2.09. The van der Waals surface area contributed by atoms with Crippen LogP contribution in [0.2, 0.25) is 0 Å². The monoisotopic (exact) mass is 265 g/mol. The van der Waals surface area contributed by atoms with Crippen LogP contribution in [0, 0.1) is 0 Å². The summed E-state index contributed by atoms with van der Waals surface area (Å²) >= 11 is 0. The maximum absolute atomic E-state index is 11.4. The van der Waals surface area contributed by atoms with E-state index in [4.69, 9.17) is 9.15 Å². The van der Waals surface area contributed by atoms with Crippen LogP contribution < -0.4 is 10.7 Å². The first-order chi connectivity index (χ1) is 9.25. The average molecular weight is 265 g/mol. The van der Waals surface area contributed by atoms with Crippen LogP contribution in [0.5, 0.6) is 0 Å². The van der Waals surface area contributed by atoms with Gasteiger partial charge in [0.25, 0.3) is 0 Å². The molecule has 0 spiro atoms. The Kier molecular flexibility index (Phi) is 4.68. The third-order valence-electron chi connectivity index (χ3n) is 2.62. The van der Waals surface area contributed by atoms with Crippen molar-refractivity contribution in [2.75, 3.05) is 13.2 Å². The summed E-state index contributed by atoms with van der Waals surface area (Å²) in [5, 5.41) is 6.10. The topological polar surface area (TPSA) is 92.9 Å². The summed E-state index contributed by atoms with van der Waals surface area (Å²) < 4.78 is 10.3. The van der Waals surface area contributed by atoms with Gasteiger partial charge in [0.15, 0.2) is 0 Å². The lowest BCUT2D eigenvalue weighted by atomic mass is 10.2. The molecule has 2 amide bonds. The molecule has 0 saturated carbocycles. The number of rotatable bonds is 4. The molecule has 0 unspecified atom stereocenters. The maximum Gasteiger partial charge on any atom is 0.329 e. The zero-order valence-corrected chi connectivity index (χ0v) is 10.3. The van der Waals surface area contributed by atoms with Crippen molar-refractivity contribution in [1.82, 2.24) is 10.7 Å². The number of amides is 2. The van der Waals surface area contributed by atoms with Gasteiger partial charge in [-0.3, -0.25) is 9.59 Å². The molecule has 1 fully saturated rings. The minimum Gasteiger partial charge on any atom is -0.463 e. The highest BCUT2D eigenvalue weighted by molar-refractivity contribution is 6.35. The van der Waals surface area contributed by atoms with Crippen LogP contribution in [-0.2, 0) is 14.3 Å². The second kappa shape index (κ2) is 6.69. The molecule has 2 rings (SSSR count). The highest BCUT2D eigenvalue weighted by Gasteiger charge is 2.18. The molecule has 0 radical (unpaired) electrons. The molecule has 102 valence electrons. The van der Waals surface area contributed by atoms with E-state index in [1.54, 1.807) is 12.1 Å². The van der Waals surface area contributed by atoms with Gasteiger partial charge in [0.05, 0.1) is 18.6 Å². The summed E-state index contributed by atoms with van der Waals surface area (Å²) in [6.45, 7) is 1.05. The summed E-state index contributed by atoms with van der Waals surface area (Å²) in [5.74, 6) is -1.06. The molecule has 7 nitrogen and oxygen atoms in total. The van der Waals surface area contributed by atoms with Crippen molar-refractivity contribution in [3.05, 3.63) is 24.2 Å². The molecule has 1 aliphatic heterocycles. The molecular formula is C12H15N3O4. The van der Waals surface area contributed by atoms with Crippen LogP contribution in [0.1, 0.15) is 18.6 Å². The van der Waals surface area contributed by atoms with E-state index in [0.29, 0.717) is 18.9 Å². The Morgan fingerprint density at radius 2 is 2.37 bits per heavy atom. The average Bonchev–Trinajstić information content (AvgIpc) is 3.08. The highest BCUT2D eigenvalue weighted by atomic mass is 16.5. The zero-order chi connectivity index (χ0) is 13.5. The molecule has 0 aliphatic carbocycles. The van der Waals surface area contributed by atoms with Gasteiger partial charge in [0.2, 0.25) is 0 Å². The molecule has 2 heterocycles. The third kappa shape index (κ3) is 4.22. The van der Waals surface area contributed by atoms with Crippen molar-refractivity contribution in [3.8, 4) is 0 Å². The number of hydrogen-bond acceptors (Lipinski definition) is 5. The Labute approximate surface area is 110 Å². The Bertz CT molecular complexity index is 450. The Morgan fingerprint density at radius 1 is 1.47 bits per heavy atom. The van der Waals surface area contributed by atoms with Gasteiger partial charge in [-0.25, -0.2) is 5.43 Å². The fourth-order valence-corrected chi connectivity index (χ4v) is 1.66. The fraction of sp³-hybridized carbons (Fsp3) is 0.417. The lowest BCUT2D eigenvalue weighted by molar-refractivity contribution is -0.139. The quantitative estimate of drug-likeness (QED) is 0.456. The molecule has 1 aliphatic rings. The molecule has 1 aromatic heterocycles. The number of hydrazone groups is 1. The molecule has 7 heteroatoms. The molecule has 1 atom stereocenters. The van der Waals surface area contributed by atoms with E-state index >= 15 is 0 Å². The van der Waals surface area contributed by atoms with Gasteiger partial charge >= 0.3 is 11.8 Å². The first-order valence-corrected chi connectivity index (χ1v) is 6.02. The SMILES string of the molecule is O=C(NC[C@@H]1CCCO1)C(=O)N/N=C\c1ccco1.